The highest BCUT2D eigenvalue weighted by Crippen LogP contribution is 2.28. The number of hydrogen-bond acceptors (Lipinski definition) is 6. The third-order valence-electron chi connectivity index (χ3n) is 3.51. The van der Waals surface area contributed by atoms with Crippen LogP contribution in [0.15, 0.2) is 22.6 Å². The van der Waals surface area contributed by atoms with Crippen LogP contribution in [0, 0.1) is 16.0 Å². The number of hydrogen-bond donors (Lipinski definition) is 1. The molecule has 2 N–H and O–H groups in total. The van der Waals surface area contributed by atoms with Crippen LogP contribution in [0.3, 0.4) is 0 Å². The molecule has 0 bridgehead atoms. The SMILES string of the molecule is CC1CN(c2nc3ccc([N+](=O)[O-])cc3o2)CC1N. The Balaban J connectivity index is 1.96. The minimum Gasteiger partial charge on any atom is -0.423 e. The number of rotatable bonds is 2. The van der Waals surface area contributed by atoms with E-state index in [2.05, 4.69) is 11.9 Å². The number of fused-ring (bicyclic) bond motifs is 1. The van der Waals surface area contributed by atoms with Crippen LogP contribution >= 0.6 is 0 Å². The van der Waals surface area contributed by atoms with Crippen molar-refractivity contribution in [1.29, 1.82) is 0 Å². The van der Waals surface area contributed by atoms with Gasteiger partial charge in [0.1, 0.15) is 5.52 Å². The summed E-state index contributed by atoms with van der Waals surface area (Å²) in [4.78, 5) is 16.6. The maximum atomic E-state index is 10.7. The molecule has 1 aliphatic heterocycles. The monoisotopic (exact) mass is 262 g/mol. The average molecular weight is 262 g/mol. The standard InChI is InChI=1S/C12H14N4O3/c1-7-5-15(6-9(7)13)12-14-10-3-2-8(16(17)18)4-11(10)19-12/h2-4,7,9H,5-6,13H2,1H3. The highest BCUT2D eigenvalue weighted by Gasteiger charge is 2.29. The molecule has 1 aliphatic rings. The molecule has 2 aromatic rings. The van der Waals surface area contributed by atoms with Gasteiger partial charge in [0.25, 0.3) is 11.7 Å². The first-order chi connectivity index (χ1) is 9.04. The number of nitro benzene ring substituents is 1. The summed E-state index contributed by atoms with van der Waals surface area (Å²) in [6, 6.07) is 5.00. The Morgan fingerprint density at radius 2 is 2.32 bits per heavy atom. The first kappa shape index (κ1) is 11.9. The summed E-state index contributed by atoms with van der Waals surface area (Å²) in [6.45, 7) is 3.56. The molecule has 0 aliphatic carbocycles. The molecule has 1 saturated heterocycles. The zero-order chi connectivity index (χ0) is 13.6. The van der Waals surface area contributed by atoms with Gasteiger partial charge in [-0.25, -0.2) is 0 Å². The highest BCUT2D eigenvalue weighted by atomic mass is 16.6. The Labute approximate surface area is 109 Å². The van der Waals surface area contributed by atoms with Crippen LogP contribution in [0.2, 0.25) is 0 Å². The molecule has 100 valence electrons. The lowest BCUT2D eigenvalue weighted by Crippen LogP contribution is -2.28. The fourth-order valence-corrected chi connectivity index (χ4v) is 2.30. The Hall–Kier alpha value is -2.15. The van der Waals surface area contributed by atoms with Crippen molar-refractivity contribution < 1.29 is 9.34 Å². The maximum Gasteiger partial charge on any atom is 0.298 e. The first-order valence-corrected chi connectivity index (χ1v) is 6.10. The van der Waals surface area contributed by atoms with Crippen LogP contribution in [0.25, 0.3) is 11.1 Å². The van der Waals surface area contributed by atoms with Crippen molar-refractivity contribution in [3.8, 4) is 0 Å². The lowest BCUT2D eigenvalue weighted by Gasteiger charge is -2.11. The molecule has 1 aromatic heterocycles. The van der Waals surface area contributed by atoms with Crippen LogP contribution in [0.5, 0.6) is 0 Å². The van der Waals surface area contributed by atoms with E-state index in [0.29, 0.717) is 29.6 Å². The number of anilines is 1. The van der Waals surface area contributed by atoms with Gasteiger partial charge in [-0.05, 0) is 12.0 Å². The van der Waals surface area contributed by atoms with Crippen LogP contribution < -0.4 is 10.6 Å². The molecule has 2 heterocycles. The third-order valence-corrected chi connectivity index (χ3v) is 3.51. The number of nitro groups is 1. The number of oxazole rings is 1. The predicted molar refractivity (Wildman–Crippen MR) is 70.0 cm³/mol. The van der Waals surface area contributed by atoms with Crippen molar-refractivity contribution >= 4 is 22.8 Å². The van der Waals surface area contributed by atoms with Gasteiger partial charge in [-0.3, -0.25) is 10.1 Å². The minimum atomic E-state index is -0.449. The first-order valence-electron chi connectivity index (χ1n) is 6.10. The second-order valence-corrected chi connectivity index (χ2v) is 4.95. The lowest BCUT2D eigenvalue weighted by atomic mass is 10.1. The van der Waals surface area contributed by atoms with Crippen molar-refractivity contribution in [3.63, 3.8) is 0 Å². The molecule has 2 atom stereocenters. The van der Waals surface area contributed by atoms with Gasteiger partial charge < -0.3 is 15.1 Å². The molecular formula is C12H14N4O3. The molecule has 1 fully saturated rings. The van der Waals surface area contributed by atoms with Gasteiger partial charge >= 0.3 is 0 Å². The molecule has 0 spiro atoms. The normalized spacial score (nSPS) is 23.2. The summed E-state index contributed by atoms with van der Waals surface area (Å²) in [7, 11) is 0. The van der Waals surface area contributed by atoms with Gasteiger partial charge in [-0.1, -0.05) is 6.92 Å². The van der Waals surface area contributed by atoms with Crippen molar-refractivity contribution in [2.24, 2.45) is 11.7 Å². The van der Waals surface area contributed by atoms with E-state index in [0.717, 1.165) is 6.54 Å². The molecule has 7 nitrogen and oxygen atoms in total. The molecular weight excluding hydrogens is 248 g/mol. The number of benzene rings is 1. The summed E-state index contributed by atoms with van der Waals surface area (Å²) in [5.41, 5.74) is 7.01. The van der Waals surface area contributed by atoms with Crippen LogP contribution in [0.4, 0.5) is 11.7 Å². The van der Waals surface area contributed by atoms with E-state index in [-0.39, 0.29) is 11.7 Å². The second-order valence-electron chi connectivity index (χ2n) is 4.95. The third kappa shape index (κ3) is 2.01. The summed E-state index contributed by atoms with van der Waals surface area (Å²) in [5.74, 6) is 0.379. The summed E-state index contributed by atoms with van der Waals surface area (Å²) >= 11 is 0. The fraction of sp³-hybridized carbons (Fsp3) is 0.417. The van der Waals surface area contributed by atoms with Crippen LogP contribution in [-0.2, 0) is 0 Å². The quantitative estimate of drug-likeness (QED) is 0.650. The largest absolute Gasteiger partial charge is 0.423 e. The summed E-state index contributed by atoms with van der Waals surface area (Å²) in [5, 5.41) is 10.7. The topological polar surface area (TPSA) is 98.4 Å². The van der Waals surface area contributed by atoms with Gasteiger partial charge in [0.05, 0.1) is 11.0 Å². The van der Waals surface area contributed by atoms with Gasteiger partial charge in [-0.15, -0.1) is 0 Å². The Bertz CT molecular complexity index is 629. The zero-order valence-corrected chi connectivity index (χ0v) is 10.4. The summed E-state index contributed by atoms with van der Waals surface area (Å²) in [6.07, 6.45) is 0. The fourth-order valence-electron chi connectivity index (χ4n) is 2.30. The molecule has 0 saturated carbocycles. The molecule has 7 heteroatoms. The molecule has 19 heavy (non-hydrogen) atoms. The van der Waals surface area contributed by atoms with Crippen LogP contribution in [0.1, 0.15) is 6.92 Å². The lowest BCUT2D eigenvalue weighted by molar-refractivity contribution is -0.384. The van der Waals surface area contributed by atoms with Crippen molar-refractivity contribution in [2.75, 3.05) is 18.0 Å². The van der Waals surface area contributed by atoms with Gasteiger partial charge in [0.2, 0.25) is 0 Å². The van der Waals surface area contributed by atoms with E-state index in [1.807, 2.05) is 4.90 Å². The summed E-state index contributed by atoms with van der Waals surface area (Å²) < 4.78 is 5.59. The number of non-ortho nitro benzene ring substituents is 1. The van der Waals surface area contributed by atoms with E-state index in [4.69, 9.17) is 10.2 Å². The molecule has 0 amide bonds. The minimum absolute atomic E-state index is 0.00157. The molecule has 3 rings (SSSR count). The van der Waals surface area contributed by atoms with Crippen molar-refractivity contribution in [2.45, 2.75) is 13.0 Å². The van der Waals surface area contributed by atoms with E-state index >= 15 is 0 Å². The van der Waals surface area contributed by atoms with Gasteiger partial charge in [-0.2, -0.15) is 4.98 Å². The Morgan fingerprint density at radius 1 is 1.53 bits per heavy atom. The predicted octanol–water partition coefficient (Wildman–Crippen LogP) is 1.52. The molecule has 0 radical (unpaired) electrons. The highest BCUT2D eigenvalue weighted by molar-refractivity contribution is 5.77. The zero-order valence-electron chi connectivity index (χ0n) is 10.4. The van der Waals surface area contributed by atoms with Crippen molar-refractivity contribution in [1.82, 2.24) is 4.98 Å². The smallest absolute Gasteiger partial charge is 0.298 e. The van der Waals surface area contributed by atoms with E-state index in [1.165, 1.54) is 12.1 Å². The van der Waals surface area contributed by atoms with Crippen LogP contribution in [-0.4, -0.2) is 29.0 Å². The number of aromatic nitrogens is 1. The maximum absolute atomic E-state index is 10.7. The Morgan fingerprint density at radius 3 is 2.95 bits per heavy atom. The van der Waals surface area contributed by atoms with Gasteiger partial charge in [0, 0.05) is 25.2 Å². The van der Waals surface area contributed by atoms with Gasteiger partial charge in [0.15, 0.2) is 5.58 Å². The van der Waals surface area contributed by atoms with E-state index in [1.54, 1.807) is 6.07 Å². The molecule has 1 aromatic carbocycles. The average Bonchev–Trinajstić information content (AvgIpc) is 2.92. The van der Waals surface area contributed by atoms with E-state index in [9.17, 15) is 10.1 Å². The second kappa shape index (κ2) is 4.20. The van der Waals surface area contributed by atoms with E-state index < -0.39 is 4.92 Å². The Kier molecular flexibility index (Phi) is 2.63. The van der Waals surface area contributed by atoms with Crippen molar-refractivity contribution in [3.05, 3.63) is 28.3 Å². The number of nitrogens with two attached hydrogens (primary N) is 1. The molecule has 2 unspecified atom stereocenters. The number of nitrogens with zero attached hydrogens (tertiary/aromatic N) is 3.